The summed E-state index contributed by atoms with van der Waals surface area (Å²) in [6, 6.07) is 22.3. The SMILES string of the molecule is Cc1ccc(C(O)=C2C(=O)C(=O)N(c3nnc(SCc4cccc5ccccc45)s3)[C@H]2c2ccc(F)cc2)cc1F. The Bertz CT molecular complexity index is 1850. The number of thioether (sulfide) groups is 1. The molecule has 1 saturated heterocycles. The average Bonchev–Trinajstić information content (AvgIpc) is 3.55. The molecule has 1 aromatic heterocycles. The Morgan fingerprint density at radius 1 is 0.976 bits per heavy atom. The number of aliphatic hydroxyl groups is 1. The highest BCUT2D eigenvalue weighted by atomic mass is 32.2. The lowest BCUT2D eigenvalue weighted by Crippen LogP contribution is -2.29. The molecular formula is C31H21F2N3O3S2. The van der Waals surface area contributed by atoms with Crippen LogP contribution in [0.1, 0.15) is 28.3 Å². The molecule has 0 saturated carbocycles. The third kappa shape index (κ3) is 5.00. The predicted octanol–water partition coefficient (Wildman–Crippen LogP) is 7.20. The molecule has 204 valence electrons. The van der Waals surface area contributed by atoms with E-state index < -0.39 is 35.1 Å². The van der Waals surface area contributed by atoms with Crippen molar-refractivity contribution in [1.29, 1.82) is 0 Å². The van der Waals surface area contributed by atoms with Crippen molar-refractivity contribution in [3.05, 3.63) is 124 Å². The highest BCUT2D eigenvalue weighted by molar-refractivity contribution is 8.00. The van der Waals surface area contributed by atoms with Crippen molar-refractivity contribution in [2.24, 2.45) is 0 Å². The maximum Gasteiger partial charge on any atom is 0.301 e. The van der Waals surface area contributed by atoms with E-state index in [9.17, 15) is 23.5 Å². The molecule has 41 heavy (non-hydrogen) atoms. The highest BCUT2D eigenvalue weighted by Gasteiger charge is 2.48. The zero-order chi connectivity index (χ0) is 28.7. The minimum Gasteiger partial charge on any atom is -0.507 e. The van der Waals surface area contributed by atoms with Crippen LogP contribution in [0.25, 0.3) is 16.5 Å². The smallest absolute Gasteiger partial charge is 0.301 e. The van der Waals surface area contributed by atoms with Gasteiger partial charge in [0.25, 0.3) is 5.78 Å². The number of halogens is 2. The van der Waals surface area contributed by atoms with Gasteiger partial charge < -0.3 is 5.11 Å². The molecule has 0 unspecified atom stereocenters. The van der Waals surface area contributed by atoms with Gasteiger partial charge in [0.2, 0.25) is 5.13 Å². The second kappa shape index (κ2) is 10.9. The van der Waals surface area contributed by atoms with Gasteiger partial charge in [-0.25, -0.2) is 8.78 Å². The molecule has 10 heteroatoms. The second-order valence-electron chi connectivity index (χ2n) is 9.46. The number of anilines is 1. The minimum atomic E-state index is -1.12. The molecule has 6 rings (SSSR count). The van der Waals surface area contributed by atoms with E-state index >= 15 is 0 Å². The van der Waals surface area contributed by atoms with Crippen molar-refractivity contribution in [3.63, 3.8) is 0 Å². The largest absolute Gasteiger partial charge is 0.507 e. The summed E-state index contributed by atoms with van der Waals surface area (Å²) in [6.45, 7) is 1.57. The first-order valence-electron chi connectivity index (χ1n) is 12.6. The quantitative estimate of drug-likeness (QED) is 0.0746. The Morgan fingerprint density at radius 3 is 2.51 bits per heavy atom. The van der Waals surface area contributed by atoms with E-state index in [1.165, 1.54) is 48.2 Å². The van der Waals surface area contributed by atoms with Gasteiger partial charge in [-0.15, -0.1) is 10.2 Å². The fraction of sp³-hybridized carbons (Fsp3) is 0.0968. The van der Waals surface area contributed by atoms with Crippen molar-refractivity contribution < 1.29 is 23.5 Å². The molecule has 1 N–H and O–H groups in total. The number of aromatic nitrogens is 2. The monoisotopic (exact) mass is 585 g/mol. The van der Waals surface area contributed by atoms with Crippen LogP contribution >= 0.6 is 23.1 Å². The number of carbonyl (C=O) groups excluding carboxylic acids is 2. The normalized spacial score (nSPS) is 16.6. The van der Waals surface area contributed by atoms with Crippen molar-refractivity contribution in [2.75, 3.05) is 4.90 Å². The number of aryl methyl sites for hydroxylation is 1. The number of hydrogen-bond acceptors (Lipinski definition) is 7. The first kappa shape index (κ1) is 26.8. The van der Waals surface area contributed by atoms with Gasteiger partial charge in [-0.2, -0.15) is 0 Å². The second-order valence-corrected chi connectivity index (χ2v) is 11.6. The fourth-order valence-electron chi connectivity index (χ4n) is 4.80. The first-order chi connectivity index (χ1) is 19.8. The number of amides is 1. The van der Waals surface area contributed by atoms with E-state index in [-0.39, 0.29) is 16.3 Å². The van der Waals surface area contributed by atoms with Crippen LogP contribution in [0.3, 0.4) is 0 Å². The zero-order valence-electron chi connectivity index (χ0n) is 21.5. The van der Waals surface area contributed by atoms with Crippen LogP contribution in [0.15, 0.2) is 94.8 Å². The minimum absolute atomic E-state index is 0.0433. The maximum atomic E-state index is 14.3. The van der Waals surface area contributed by atoms with E-state index in [1.807, 2.05) is 36.4 Å². The molecule has 6 nitrogen and oxygen atoms in total. The first-order valence-corrected chi connectivity index (χ1v) is 14.4. The number of fused-ring (bicyclic) bond motifs is 1. The number of ketones is 1. The van der Waals surface area contributed by atoms with Crippen molar-refractivity contribution in [3.8, 4) is 0 Å². The van der Waals surface area contributed by atoms with Crippen LogP contribution < -0.4 is 4.90 Å². The number of hydrogen-bond donors (Lipinski definition) is 1. The van der Waals surface area contributed by atoms with Gasteiger partial charge in [-0.3, -0.25) is 14.5 Å². The molecule has 0 bridgehead atoms. The number of Topliss-reactive ketones (excluding diaryl/α,β-unsaturated/α-hetero) is 1. The lowest BCUT2D eigenvalue weighted by molar-refractivity contribution is -0.132. The highest BCUT2D eigenvalue weighted by Crippen LogP contribution is 2.44. The molecular weight excluding hydrogens is 564 g/mol. The van der Waals surface area contributed by atoms with Crippen LogP contribution in [-0.4, -0.2) is 27.0 Å². The Kier molecular flexibility index (Phi) is 7.10. The molecule has 1 aliphatic rings. The summed E-state index contributed by atoms with van der Waals surface area (Å²) in [4.78, 5) is 27.9. The van der Waals surface area contributed by atoms with Gasteiger partial charge in [-0.05, 0) is 52.6 Å². The van der Waals surface area contributed by atoms with Gasteiger partial charge in [0.15, 0.2) is 4.34 Å². The molecule has 1 amide bonds. The Labute approximate surface area is 242 Å². The van der Waals surface area contributed by atoms with Crippen LogP contribution in [0, 0.1) is 18.6 Å². The number of benzene rings is 4. The Morgan fingerprint density at radius 2 is 1.73 bits per heavy atom. The number of rotatable bonds is 6. The third-order valence-electron chi connectivity index (χ3n) is 6.91. The van der Waals surface area contributed by atoms with Crippen LogP contribution in [0.4, 0.5) is 13.9 Å². The predicted molar refractivity (Wildman–Crippen MR) is 156 cm³/mol. The molecule has 4 aromatic carbocycles. The van der Waals surface area contributed by atoms with E-state index in [4.69, 9.17) is 0 Å². The van der Waals surface area contributed by atoms with E-state index in [0.29, 0.717) is 21.2 Å². The molecule has 5 aromatic rings. The molecule has 0 spiro atoms. The van der Waals surface area contributed by atoms with Gasteiger partial charge in [0.1, 0.15) is 17.4 Å². The fourth-order valence-corrected chi connectivity index (χ4v) is 6.67. The lowest BCUT2D eigenvalue weighted by atomic mass is 9.95. The van der Waals surface area contributed by atoms with E-state index in [1.54, 1.807) is 6.92 Å². The summed E-state index contributed by atoms with van der Waals surface area (Å²) >= 11 is 2.58. The standard InChI is InChI=1S/C31H21F2N3O3S2/c1-17-9-10-20(15-24(17)33)27(37)25-26(19-11-13-22(32)14-12-19)36(29(39)28(25)38)30-34-35-31(41-30)40-16-21-7-4-6-18-5-2-3-8-23(18)21/h2-15,26,37H,16H2,1H3/t26-/m0/s1. The topological polar surface area (TPSA) is 83.4 Å². The Hall–Kier alpha value is -4.41. The zero-order valence-corrected chi connectivity index (χ0v) is 23.2. The van der Waals surface area contributed by atoms with Gasteiger partial charge in [-0.1, -0.05) is 89.8 Å². The summed E-state index contributed by atoms with van der Waals surface area (Å²) in [7, 11) is 0. The van der Waals surface area contributed by atoms with Gasteiger partial charge in [0.05, 0.1) is 11.6 Å². The number of aliphatic hydroxyl groups excluding tert-OH is 1. The summed E-state index contributed by atoms with van der Waals surface area (Å²) in [5, 5.41) is 22.0. The summed E-state index contributed by atoms with van der Waals surface area (Å²) in [5.41, 5.74) is 1.65. The molecule has 1 aliphatic heterocycles. The average molecular weight is 586 g/mol. The van der Waals surface area contributed by atoms with Crippen molar-refractivity contribution in [2.45, 2.75) is 23.1 Å². The number of carbonyl (C=O) groups is 2. The summed E-state index contributed by atoms with van der Waals surface area (Å²) in [6.07, 6.45) is 0. The molecule has 2 heterocycles. The summed E-state index contributed by atoms with van der Waals surface area (Å²) < 4.78 is 28.7. The van der Waals surface area contributed by atoms with Crippen molar-refractivity contribution >= 4 is 56.5 Å². The van der Waals surface area contributed by atoms with E-state index in [0.717, 1.165) is 38.6 Å². The van der Waals surface area contributed by atoms with Crippen molar-refractivity contribution in [1.82, 2.24) is 10.2 Å². The van der Waals surface area contributed by atoms with Crippen LogP contribution in [0.2, 0.25) is 0 Å². The van der Waals surface area contributed by atoms with Gasteiger partial charge >= 0.3 is 5.91 Å². The van der Waals surface area contributed by atoms with E-state index in [2.05, 4.69) is 16.3 Å². The van der Waals surface area contributed by atoms with Crippen LogP contribution in [0.5, 0.6) is 0 Å². The molecule has 1 atom stereocenters. The Balaban J connectivity index is 1.37. The maximum absolute atomic E-state index is 14.3. The lowest BCUT2D eigenvalue weighted by Gasteiger charge is -2.22. The third-order valence-corrected chi connectivity index (χ3v) is 9.01. The van der Waals surface area contributed by atoms with Crippen LogP contribution in [-0.2, 0) is 15.3 Å². The molecule has 0 aliphatic carbocycles. The molecule has 0 radical (unpaired) electrons. The van der Waals surface area contributed by atoms with Gasteiger partial charge in [0, 0.05) is 11.3 Å². The molecule has 1 fully saturated rings. The summed E-state index contributed by atoms with van der Waals surface area (Å²) in [5.74, 6) is -2.88. The number of nitrogens with zero attached hydrogens (tertiary/aromatic N) is 3.